The van der Waals surface area contributed by atoms with E-state index < -0.39 is 17.6 Å². The molecule has 1 aromatic rings. The highest BCUT2D eigenvalue weighted by Crippen LogP contribution is 2.45. The molecule has 0 radical (unpaired) electrons. The average Bonchev–Trinajstić information content (AvgIpc) is 2.65. The maximum atomic E-state index is 15.0. The highest BCUT2D eigenvalue weighted by atomic mass is 19.3. The predicted octanol–water partition coefficient (Wildman–Crippen LogP) is 4.23. The fraction of sp³-hybridized carbons (Fsp3) is 0.708. The van der Waals surface area contributed by atoms with E-state index in [4.69, 9.17) is 4.74 Å². The predicted molar refractivity (Wildman–Crippen MR) is 116 cm³/mol. The molecule has 0 bridgehead atoms. The summed E-state index contributed by atoms with van der Waals surface area (Å²) in [6, 6.07) is 9.16. The normalized spacial score (nSPS) is 26.5. The fourth-order valence-corrected chi connectivity index (χ4v) is 5.27. The molecule has 7 heteroatoms. The Morgan fingerprint density at radius 3 is 2.29 bits per heavy atom. The number of alkyl halides is 2. The Morgan fingerprint density at radius 2 is 1.71 bits per heavy atom. The van der Waals surface area contributed by atoms with Crippen molar-refractivity contribution in [2.45, 2.75) is 64.1 Å². The highest BCUT2D eigenvalue weighted by Gasteiger charge is 2.55. The fourth-order valence-electron chi connectivity index (χ4n) is 5.27. The monoisotopic (exact) mass is 435 g/mol. The van der Waals surface area contributed by atoms with Crippen LogP contribution >= 0.6 is 0 Å². The number of nitrogens with zero attached hydrogens (tertiary/aromatic N) is 3. The molecule has 3 fully saturated rings. The van der Waals surface area contributed by atoms with E-state index in [1.807, 2.05) is 60.9 Å². The molecule has 3 saturated heterocycles. The minimum absolute atomic E-state index is 0.0791. The van der Waals surface area contributed by atoms with E-state index >= 15 is 8.78 Å². The van der Waals surface area contributed by atoms with Crippen molar-refractivity contribution in [3.05, 3.63) is 35.9 Å². The van der Waals surface area contributed by atoms with Crippen LogP contribution in [-0.4, -0.2) is 77.6 Å². The molecule has 3 aliphatic heterocycles. The summed E-state index contributed by atoms with van der Waals surface area (Å²) < 4.78 is 35.5. The molecule has 1 amide bonds. The molecule has 4 rings (SSSR count). The number of hydrogen-bond acceptors (Lipinski definition) is 4. The third-order valence-corrected chi connectivity index (χ3v) is 6.88. The van der Waals surface area contributed by atoms with Gasteiger partial charge in [-0.15, -0.1) is 0 Å². The molecule has 5 nitrogen and oxygen atoms in total. The summed E-state index contributed by atoms with van der Waals surface area (Å²) in [5.41, 5.74) is 0.660. The van der Waals surface area contributed by atoms with Crippen molar-refractivity contribution in [2.24, 2.45) is 5.41 Å². The van der Waals surface area contributed by atoms with Crippen LogP contribution in [0.4, 0.5) is 13.6 Å². The number of halogens is 2. The number of rotatable bonds is 3. The van der Waals surface area contributed by atoms with Gasteiger partial charge in [0.25, 0.3) is 5.92 Å². The lowest BCUT2D eigenvalue weighted by atomic mass is 9.70. The van der Waals surface area contributed by atoms with Crippen molar-refractivity contribution in [3.63, 3.8) is 0 Å². The smallest absolute Gasteiger partial charge is 0.410 e. The van der Waals surface area contributed by atoms with E-state index in [2.05, 4.69) is 0 Å². The van der Waals surface area contributed by atoms with Gasteiger partial charge < -0.3 is 9.64 Å². The summed E-state index contributed by atoms with van der Waals surface area (Å²) in [5, 5.41) is 0. The Hall–Kier alpha value is -1.73. The summed E-state index contributed by atoms with van der Waals surface area (Å²) >= 11 is 0. The number of ether oxygens (including phenoxy) is 1. The Morgan fingerprint density at radius 1 is 1.06 bits per heavy atom. The molecule has 0 N–H and O–H groups in total. The van der Waals surface area contributed by atoms with Gasteiger partial charge in [-0.05, 0) is 51.0 Å². The van der Waals surface area contributed by atoms with Crippen molar-refractivity contribution in [1.82, 2.24) is 14.7 Å². The standard InChI is InChI=1S/C24H35F2N3O2/c1-22(2,3)31-21(30)28-13-10-23(11-14-28)16-29(17-23)20-9-12-27(18-24(20,25)26)15-19-7-5-4-6-8-19/h4-8,20H,9-18H2,1-3H3. The minimum Gasteiger partial charge on any atom is -0.444 e. The van der Waals surface area contributed by atoms with Gasteiger partial charge in [0, 0.05) is 39.3 Å². The lowest BCUT2D eigenvalue weighted by Gasteiger charge is -2.58. The second-order valence-corrected chi connectivity index (χ2v) is 10.6. The van der Waals surface area contributed by atoms with E-state index in [1.165, 1.54) is 0 Å². The maximum Gasteiger partial charge on any atom is 0.410 e. The molecule has 0 aromatic heterocycles. The van der Waals surface area contributed by atoms with Gasteiger partial charge in [-0.1, -0.05) is 30.3 Å². The van der Waals surface area contributed by atoms with Gasteiger partial charge in [-0.2, -0.15) is 0 Å². The molecule has 1 atom stereocenters. The number of amides is 1. The van der Waals surface area contributed by atoms with Crippen LogP contribution in [0.25, 0.3) is 0 Å². The number of hydrogen-bond donors (Lipinski definition) is 0. The van der Waals surface area contributed by atoms with Crippen LogP contribution in [0.3, 0.4) is 0 Å². The summed E-state index contributed by atoms with van der Waals surface area (Å²) in [5.74, 6) is -2.70. The van der Waals surface area contributed by atoms with Gasteiger partial charge >= 0.3 is 6.09 Å². The number of carbonyl (C=O) groups is 1. The zero-order chi connectivity index (χ0) is 22.3. The summed E-state index contributed by atoms with van der Waals surface area (Å²) in [4.78, 5) is 17.9. The molecular formula is C24H35F2N3O2. The Labute approximate surface area is 184 Å². The number of likely N-dealkylation sites (tertiary alicyclic amines) is 3. The van der Waals surface area contributed by atoms with E-state index in [-0.39, 0.29) is 18.1 Å². The molecule has 0 aliphatic carbocycles. The minimum atomic E-state index is -2.70. The summed E-state index contributed by atoms with van der Waals surface area (Å²) in [7, 11) is 0. The first-order chi connectivity index (χ1) is 14.6. The molecule has 31 heavy (non-hydrogen) atoms. The molecule has 1 aromatic carbocycles. The Bertz CT molecular complexity index is 765. The lowest BCUT2D eigenvalue weighted by molar-refractivity contribution is -0.174. The van der Waals surface area contributed by atoms with Gasteiger partial charge in [0.2, 0.25) is 0 Å². The number of carbonyl (C=O) groups excluding carboxylic acids is 1. The molecule has 0 saturated carbocycles. The third kappa shape index (κ3) is 5.20. The van der Waals surface area contributed by atoms with Gasteiger partial charge in [-0.3, -0.25) is 9.80 Å². The van der Waals surface area contributed by atoms with Crippen LogP contribution in [0.5, 0.6) is 0 Å². The first-order valence-corrected chi connectivity index (χ1v) is 11.4. The lowest BCUT2D eigenvalue weighted by Crippen LogP contribution is -2.68. The van der Waals surface area contributed by atoms with E-state index in [1.54, 1.807) is 4.90 Å². The van der Waals surface area contributed by atoms with Gasteiger partial charge in [-0.25, -0.2) is 13.6 Å². The van der Waals surface area contributed by atoms with E-state index in [0.29, 0.717) is 45.7 Å². The van der Waals surface area contributed by atoms with Crippen LogP contribution < -0.4 is 0 Å². The third-order valence-electron chi connectivity index (χ3n) is 6.88. The van der Waals surface area contributed by atoms with Crippen molar-refractivity contribution < 1.29 is 18.3 Å². The summed E-state index contributed by atoms with van der Waals surface area (Å²) in [6.45, 7) is 9.43. The maximum absolute atomic E-state index is 15.0. The zero-order valence-electron chi connectivity index (χ0n) is 18.9. The zero-order valence-corrected chi connectivity index (χ0v) is 18.9. The van der Waals surface area contributed by atoms with E-state index in [9.17, 15) is 4.79 Å². The topological polar surface area (TPSA) is 36.0 Å². The first-order valence-electron chi connectivity index (χ1n) is 11.4. The van der Waals surface area contributed by atoms with Crippen LogP contribution in [-0.2, 0) is 11.3 Å². The van der Waals surface area contributed by atoms with Gasteiger partial charge in [0.15, 0.2) is 0 Å². The Kier molecular flexibility index (Phi) is 6.03. The summed E-state index contributed by atoms with van der Waals surface area (Å²) in [6.07, 6.45) is 1.96. The van der Waals surface area contributed by atoms with Crippen molar-refractivity contribution in [3.8, 4) is 0 Å². The van der Waals surface area contributed by atoms with E-state index in [0.717, 1.165) is 18.4 Å². The largest absolute Gasteiger partial charge is 0.444 e. The van der Waals surface area contributed by atoms with Crippen LogP contribution in [0.2, 0.25) is 0 Å². The van der Waals surface area contributed by atoms with Crippen molar-refractivity contribution in [1.29, 1.82) is 0 Å². The molecule has 3 heterocycles. The average molecular weight is 436 g/mol. The highest BCUT2D eigenvalue weighted by molar-refractivity contribution is 5.68. The molecule has 3 aliphatic rings. The number of piperidine rings is 2. The molecule has 172 valence electrons. The van der Waals surface area contributed by atoms with Gasteiger partial charge in [0.05, 0.1) is 12.6 Å². The SMILES string of the molecule is CC(C)(C)OC(=O)N1CCC2(CC1)CN(C1CCN(Cc3ccccc3)CC1(F)F)C2. The first kappa shape index (κ1) is 22.5. The molecule has 1 spiro atoms. The second-order valence-electron chi connectivity index (χ2n) is 10.6. The molecular weight excluding hydrogens is 400 g/mol. The van der Waals surface area contributed by atoms with Crippen LogP contribution in [0.15, 0.2) is 30.3 Å². The van der Waals surface area contributed by atoms with Crippen molar-refractivity contribution >= 4 is 6.09 Å². The van der Waals surface area contributed by atoms with Gasteiger partial charge in [0.1, 0.15) is 5.60 Å². The van der Waals surface area contributed by atoms with Crippen LogP contribution in [0, 0.1) is 5.41 Å². The number of benzene rings is 1. The van der Waals surface area contributed by atoms with Crippen LogP contribution in [0.1, 0.15) is 45.6 Å². The quantitative estimate of drug-likeness (QED) is 0.712. The molecule has 1 unspecified atom stereocenters. The second kappa shape index (κ2) is 8.32. The van der Waals surface area contributed by atoms with Crippen molar-refractivity contribution in [2.75, 3.05) is 39.3 Å². The Balaban J connectivity index is 1.26.